The molecule has 1 aromatic carbocycles. The molecule has 94 valence electrons. The number of carbonyl (C=O) groups is 1. The third-order valence-corrected chi connectivity index (χ3v) is 3.02. The van der Waals surface area contributed by atoms with Crippen molar-refractivity contribution >= 4 is 5.78 Å². The van der Waals surface area contributed by atoms with E-state index in [4.69, 9.17) is 0 Å². The first-order chi connectivity index (χ1) is 7.84. The first kappa shape index (κ1) is 13.9. The van der Waals surface area contributed by atoms with Gasteiger partial charge in [-0.3, -0.25) is 4.79 Å². The molecule has 1 N–H and O–H groups in total. The van der Waals surface area contributed by atoms with Gasteiger partial charge in [0.2, 0.25) is 0 Å². The van der Waals surface area contributed by atoms with Crippen molar-refractivity contribution in [2.24, 2.45) is 0 Å². The Morgan fingerprint density at radius 1 is 1.24 bits per heavy atom. The molecule has 0 spiro atoms. The van der Waals surface area contributed by atoms with E-state index in [0.717, 1.165) is 0 Å². The minimum Gasteiger partial charge on any atom is -0.313 e. The van der Waals surface area contributed by atoms with Crippen LogP contribution in [0.1, 0.15) is 51.3 Å². The van der Waals surface area contributed by atoms with Crippen LogP contribution in [-0.2, 0) is 10.2 Å². The van der Waals surface area contributed by atoms with E-state index in [0.29, 0.717) is 6.42 Å². The maximum atomic E-state index is 11.2. The molecule has 0 radical (unpaired) electrons. The second-order valence-electron chi connectivity index (χ2n) is 5.62. The first-order valence-electron chi connectivity index (χ1n) is 6.11. The fourth-order valence-electron chi connectivity index (χ4n) is 1.89. The van der Waals surface area contributed by atoms with Crippen molar-refractivity contribution in [3.05, 3.63) is 35.4 Å². The lowest BCUT2D eigenvalue weighted by Crippen LogP contribution is -2.19. The van der Waals surface area contributed by atoms with Crippen LogP contribution in [0.15, 0.2) is 24.3 Å². The second-order valence-corrected chi connectivity index (χ2v) is 5.62. The summed E-state index contributed by atoms with van der Waals surface area (Å²) in [6.45, 7) is 8.24. The minimum absolute atomic E-state index is 0.126. The number of hydrogen-bond donors (Lipinski definition) is 1. The number of benzene rings is 1. The van der Waals surface area contributed by atoms with E-state index < -0.39 is 0 Å². The van der Waals surface area contributed by atoms with Crippen molar-refractivity contribution < 1.29 is 4.79 Å². The number of ketones is 1. The van der Waals surface area contributed by atoms with E-state index in [-0.39, 0.29) is 17.2 Å². The van der Waals surface area contributed by atoms with Crippen LogP contribution in [0.3, 0.4) is 0 Å². The van der Waals surface area contributed by atoms with Gasteiger partial charge in [-0.2, -0.15) is 0 Å². The number of hydrogen-bond acceptors (Lipinski definition) is 2. The van der Waals surface area contributed by atoms with Crippen LogP contribution in [-0.4, -0.2) is 12.8 Å². The molecule has 2 nitrogen and oxygen atoms in total. The Morgan fingerprint density at radius 3 is 2.12 bits per heavy atom. The molecule has 0 fully saturated rings. The molecule has 17 heavy (non-hydrogen) atoms. The number of Topliss-reactive ketones (excluding diaryl/α,β-unsaturated/α-hetero) is 1. The Labute approximate surface area is 104 Å². The van der Waals surface area contributed by atoms with E-state index in [2.05, 4.69) is 50.4 Å². The Kier molecular flexibility index (Phi) is 4.47. The number of rotatable bonds is 4. The van der Waals surface area contributed by atoms with E-state index in [1.807, 2.05) is 7.05 Å². The highest BCUT2D eigenvalue weighted by Crippen LogP contribution is 2.24. The van der Waals surface area contributed by atoms with Crippen molar-refractivity contribution in [3.8, 4) is 0 Å². The van der Waals surface area contributed by atoms with E-state index in [9.17, 15) is 4.79 Å². The summed E-state index contributed by atoms with van der Waals surface area (Å²) in [5, 5.41) is 3.19. The van der Waals surface area contributed by atoms with Gasteiger partial charge in [0.25, 0.3) is 0 Å². The Balaban J connectivity index is 2.89. The zero-order chi connectivity index (χ0) is 13.1. The normalized spacial score (nSPS) is 13.5. The summed E-state index contributed by atoms with van der Waals surface area (Å²) in [6.07, 6.45) is 0.547. The van der Waals surface area contributed by atoms with E-state index in [1.165, 1.54) is 11.1 Å². The van der Waals surface area contributed by atoms with Crippen molar-refractivity contribution in [3.63, 3.8) is 0 Å². The summed E-state index contributed by atoms with van der Waals surface area (Å²) < 4.78 is 0. The summed E-state index contributed by atoms with van der Waals surface area (Å²) in [6, 6.07) is 8.66. The predicted octanol–water partition coefficient (Wildman–Crippen LogP) is 3.22. The number of nitrogens with one attached hydrogen (secondary N) is 1. The monoisotopic (exact) mass is 233 g/mol. The van der Waals surface area contributed by atoms with E-state index >= 15 is 0 Å². The van der Waals surface area contributed by atoms with Crippen LogP contribution in [0, 0.1) is 0 Å². The zero-order valence-electron chi connectivity index (χ0n) is 11.5. The van der Waals surface area contributed by atoms with Gasteiger partial charge in [0, 0.05) is 12.5 Å². The molecule has 0 saturated heterocycles. The standard InChI is InChI=1S/C15H23NO/c1-11(17)10-14(16-5)12-6-8-13(9-7-12)15(2,3)4/h6-9,14,16H,10H2,1-5H3. The molecular weight excluding hydrogens is 210 g/mol. The van der Waals surface area contributed by atoms with Gasteiger partial charge < -0.3 is 5.32 Å². The Bertz CT molecular complexity index is 373. The van der Waals surface area contributed by atoms with Gasteiger partial charge in [-0.05, 0) is 30.5 Å². The quantitative estimate of drug-likeness (QED) is 0.865. The molecule has 0 saturated carbocycles. The second kappa shape index (κ2) is 5.46. The molecule has 0 bridgehead atoms. The summed E-state index contributed by atoms with van der Waals surface area (Å²) in [7, 11) is 1.89. The third-order valence-electron chi connectivity index (χ3n) is 3.02. The highest BCUT2D eigenvalue weighted by molar-refractivity contribution is 5.76. The molecule has 0 heterocycles. The number of carbonyl (C=O) groups excluding carboxylic acids is 1. The molecule has 0 aliphatic carbocycles. The third kappa shape index (κ3) is 3.97. The zero-order valence-corrected chi connectivity index (χ0v) is 11.5. The molecule has 2 heteroatoms. The molecule has 1 unspecified atom stereocenters. The van der Waals surface area contributed by atoms with Crippen LogP contribution in [0.2, 0.25) is 0 Å². The van der Waals surface area contributed by atoms with Gasteiger partial charge in [-0.1, -0.05) is 45.0 Å². The van der Waals surface area contributed by atoms with Crippen molar-refractivity contribution in [1.29, 1.82) is 0 Å². The lowest BCUT2D eigenvalue weighted by Gasteiger charge is -2.21. The van der Waals surface area contributed by atoms with Gasteiger partial charge in [-0.15, -0.1) is 0 Å². The van der Waals surface area contributed by atoms with Crippen LogP contribution >= 0.6 is 0 Å². The summed E-state index contributed by atoms with van der Waals surface area (Å²) in [4.78, 5) is 11.2. The lowest BCUT2D eigenvalue weighted by atomic mass is 9.86. The average Bonchev–Trinajstić information content (AvgIpc) is 2.24. The maximum Gasteiger partial charge on any atom is 0.131 e. The van der Waals surface area contributed by atoms with Crippen molar-refractivity contribution in [2.45, 2.75) is 45.6 Å². The summed E-state index contributed by atoms with van der Waals surface area (Å²) >= 11 is 0. The highest BCUT2D eigenvalue weighted by Gasteiger charge is 2.15. The Morgan fingerprint density at radius 2 is 1.76 bits per heavy atom. The van der Waals surface area contributed by atoms with Gasteiger partial charge >= 0.3 is 0 Å². The van der Waals surface area contributed by atoms with Crippen LogP contribution in [0.25, 0.3) is 0 Å². The molecule has 0 aromatic heterocycles. The largest absolute Gasteiger partial charge is 0.313 e. The molecular formula is C15H23NO. The van der Waals surface area contributed by atoms with Gasteiger partial charge in [0.1, 0.15) is 5.78 Å². The van der Waals surface area contributed by atoms with E-state index in [1.54, 1.807) is 6.92 Å². The van der Waals surface area contributed by atoms with Crippen LogP contribution in [0.4, 0.5) is 0 Å². The van der Waals surface area contributed by atoms with Gasteiger partial charge in [0.05, 0.1) is 0 Å². The lowest BCUT2D eigenvalue weighted by molar-refractivity contribution is -0.117. The first-order valence-corrected chi connectivity index (χ1v) is 6.11. The molecule has 0 aliphatic rings. The smallest absolute Gasteiger partial charge is 0.131 e. The van der Waals surface area contributed by atoms with Crippen molar-refractivity contribution in [1.82, 2.24) is 5.32 Å². The molecule has 0 amide bonds. The maximum absolute atomic E-state index is 11.2. The SMILES string of the molecule is CNC(CC(C)=O)c1ccc(C(C)(C)C)cc1. The molecule has 1 rings (SSSR count). The topological polar surface area (TPSA) is 29.1 Å². The predicted molar refractivity (Wildman–Crippen MR) is 72.2 cm³/mol. The van der Waals surface area contributed by atoms with Crippen LogP contribution < -0.4 is 5.32 Å². The molecule has 1 atom stereocenters. The van der Waals surface area contributed by atoms with Gasteiger partial charge in [-0.25, -0.2) is 0 Å². The summed E-state index contributed by atoms with van der Waals surface area (Å²) in [5.41, 5.74) is 2.67. The Hall–Kier alpha value is -1.15. The minimum atomic E-state index is 0.126. The van der Waals surface area contributed by atoms with Crippen LogP contribution in [0.5, 0.6) is 0 Å². The van der Waals surface area contributed by atoms with Crippen molar-refractivity contribution in [2.75, 3.05) is 7.05 Å². The fourth-order valence-corrected chi connectivity index (χ4v) is 1.89. The average molecular weight is 233 g/mol. The molecule has 1 aromatic rings. The highest BCUT2D eigenvalue weighted by atomic mass is 16.1. The van der Waals surface area contributed by atoms with Gasteiger partial charge in [0.15, 0.2) is 0 Å². The fraction of sp³-hybridized carbons (Fsp3) is 0.533. The summed E-state index contributed by atoms with van der Waals surface area (Å²) in [5.74, 6) is 0.212. The molecule has 0 aliphatic heterocycles.